The number of carbonyl (C=O) groups excluding carboxylic acids is 1. The number of likely N-dealkylation sites (tertiary alicyclic amines) is 1. The Bertz CT molecular complexity index is 926. The zero-order chi connectivity index (χ0) is 20.8. The third kappa shape index (κ3) is 5.10. The van der Waals surface area contributed by atoms with E-state index >= 15 is 0 Å². The van der Waals surface area contributed by atoms with E-state index in [4.69, 9.17) is 0 Å². The van der Waals surface area contributed by atoms with E-state index in [1.54, 1.807) is 11.0 Å². The molecular weight excluding hydrogens is 376 g/mol. The highest BCUT2D eigenvalue weighted by atomic mass is 16.2. The Labute approximate surface area is 177 Å². The Kier molecular flexibility index (Phi) is 6.49. The molecule has 0 spiro atoms. The topological polar surface area (TPSA) is 67.2 Å². The van der Waals surface area contributed by atoms with Gasteiger partial charge in [-0.3, -0.25) is 4.79 Å². The van der Waals surface area contributed by atoms with Gasteiger partial charge in [0.15, 0.2) is 0 Å². The van der Waals surface area contributed by atoms with E-state index in [1.165, 1.54) is 5.56 Å². The number of nitrogens with zero attached hydrogens (tertiary/aromatic N) is 6. The molecule has 1 saturated heterocycles. The summed E-state index contributed by atoms with van der Waals surface area (Å²) in [7, 11) is 2.18. The van der Waals surface area contributed by atoms with Crippen LogP contribution >= 0.6 is 0 Å². The SMILES string of the molecule is CN(CCc1ccccc1)[C@H]1CCCN(C(=O)c2ccc(Cn3cnnn3)cc2)C1. The second-order valence-corrected chi connectivity index (χ2v) is 7.97. The molecule has 7 nitrogen and oxygen atoms in total. The van der Waals surface area contributed by atoms with Gasteiger partial charge < -0.3 is 9.80 Å². The normalized spacial score (nSPS) is 16.7. The minimum Gasteiger partial charge on any atom is -0.337 e. The Balaban J connectivity index is 1.32. The number of piperidine rings is 1. The van der Waals surface area contributed by atoms with E-state index in [0.29, 0.717) is 12.6 Å². The Morgan fingerprint density at radius 2 is 1.90 bits per heavy atom. The molecule has 1 aliphatic rings. The average Bonchev–Trinajstić information content (AvgIpc) is 3.31. The fourth-order valence-corrected chi connectivity index (χ4v) is 4.01. The van der Waals surface area contributed by atoms with Crippen molar-refractivity contribution >= 4 is 5.91 Å². The monoisotopic (exact) mass is 404 g/mol. The van der Waals surface area contributed by atoms with Crippen molar-refractivity contribution in [3.63, 3.8) is 0 Å². The smallest absolute Gasteiger partial charge is 0.253 e. The summed E-state index contributed by atoms with van der Waals surface area (Å²) < 4.78 is 1.66. The van der Waals surface area contributed by atoms with Crippen LogP contribution in [0.3, 0.4) is 0 Å². The van der Waals surface area contributed by atoms with Crippen LogP contribution in [-0.2, 0) is 13.0 Å². The van der Waals surface area contributed by atoms with Crippen molar-refractivity contribution in [2.75, 3.05) is 26.7 Å². The Hall–Kier alpha value is -3.06. The lowest BCUT2D eigenvalue weighted by molar-refractivity contribution is 0.0611. The molecule has 7 heteroatoms. The van der Waals surface area contributed by atoms with Gasteiger partial charge in [0.2, 0.25) is 0 Å². The predicted molar refractivity (Wildman–Crippen MR) is 115 cm³/mol. The number of aromatic nitrogens is 4. The molecule has 2 aromatic carbocycles. The van der Waals surface area contributed by atoms with Crippen LogP contribution in [0.15, 0.2) is 60.9 Å². The quantitative estimate of drug-likeness (QED) is 0.605. The number of carbonyl (C=O) groups is 1. The van der Waals surface area contributed by atoms with Crippen LogP contribution in [0, 0.1) is 0 Å². The summed E-state index contributed by atoms with van der Waals surface area (Å²) >= 11 is 0. The zero-order valence-electron chi connectivity index (χ0n) is 17.4. The number of tetrazole rings is 1. The highest BCUT2D eigenvalue weighted by Crippen LogP contribution is 2.18. The molecule has 1 fully saturated rings. The lowest BCUT2D eigenvalue weighted by atomic mass is 10.0. The van der Waals surface area contributed by atoms with E-state index < -0.39 is 0 Å². The molecule has 0 N–H and O–H groups in total. The lowest BCUT2D eigenvalue weighted by Gasteiger charge is -2.37. The molecule has 0 radical (unpaired) electrons. The molecule has 2 heterocycles. The molecule has 0 bridgehead atoms. The first-order chi connectivity index (χ1) is 14.7. The van der Waals surface area contributed by atoms with Crippen LogP contribution in [0.2, 0.25) is 0 Å². The van der Waals surface area contributed by atoms with Crippen molar-refractivity contribution in [2.24, 2.45) is 0 Å². The number of rotatable bonds is 7. The van der Waals surface area contributed by atoms with Crippen molar-refractivity contribution in [1.82, 2.24) is 30.0 Å². The van der Waals surface area contributed by atoms with Gasteiger partial charge in [-0.1, -0.05) is 42.5 Å². The Morgan fingerprint density at radius 3 is 2.63 bits per heavy atom. The summed E-state index contributed by atoms with van der Waals surface area (Å²) in [5, 5.41) is 11.2. The Morgan fingerprint density at radius 1 is 1.10 bits per heavy atom. The molecule has 4 rings (SSSR count). The highest BCUT2D eigenvalue weighted by Gasteiger charge is 2.26. The van der Waals surface area contributed by atoms with Crippen molar-refractivity contribution in [1.29, 1.82) is 0 Å². The van der Waals surface area contributed by atoms with Crippen LogP contribution < -0.4 is 0 Å². The summed E-state index contributed by atoms with van der Waals surface area (Å²) in [5.41, 5.74) is 3.16. The largest absolute Gasteiger partial charge is 0.337 e. The van der Waals surface area contributed by atoms with Gasteiger partial charge in [0.1, 0.15) is 6.33 Å². The fourth-order valence-electron chi connectivity index (χ4n) is 4.01. The minimum absolute atomic E-state index is 0.116. The van der Waals surface area contributed by atoms with Crippen molar-refractivity contribution in [3.05, 3.63) is 77.6 Å². The van der Waals surface area contributed by atoms with Gasteiger partial charge in [-0.15, -0.1) is 5.10 Å². The fraction of sp³-hybridized carbons (Fsp3) is 0.391. The molecule has 30 heavy (non-hydrogen) atoms. The van der Waals surface area contributed by atoms with Crippen LogP contribution in [0.1, 0.15) is 34.3 Å². The third-order valence-corrected chi connectivity index (χ3v) is 5.84. The number of hydrogen-bond donors (Lipinski definition) is 0. The summed E-state index contributed by atoms with van der Waals surface area (Å²) in [6, 6.07) is 18.7. The highest BCUT2D eigenvalue weighted by molar-refractivity contribution is 5.94. The van der Waals surface area contributed by atoms with E-state index in [9.17, 15) is 4.79 Å². The maximum absolute atomic E-state index is 13.0. The lowest BCUT2D eigenvalue weighted by Crippen LogP contribution is -2.49. The van der Waals surface area contributed by atoms with Gasteiger partial charge in [-0.25, -0.2) is 4.68 Å². The second-order valence-electron chi connectivity index (χ2n) is 7.97. The minimum atomic E-state index is 0.116. The first-order valence-corrected chi connectivity index (χ1v) is 10.5. The van der Waals surface area contributed by atoms with E-state index in [2.05, 4.69) is 57.8 Å². The van der Waals surface area contributed by atoms with Gasteiger partial charge in [0.25, 0.3) is 5.91 Å². The van der Waals surface area contributed by atoms with Crippen molar-refractivity contribution in [2.45, 2.75) is 31.8 Å². The maximum atomic E-state index is 13.0. The molecular formula is C23H28N6O. The number of likely N-dealkylation sites (N-methyl/N-ethyl adjacent to an activating group) is 1. The van der Waals surface area contributed by atoms with Gasteiger partial charge >= 0.3 is 0 Å². The van der Waals surface area contributed by atoms with Crippen LogP contribution in [0.25, 0.3) is 0 Å². The predicted octanol–water partition coefficient (Wildman–Crippen LogP) is 2.50. The maximum Gasteiger partial charge on any atom is 0.253 e. The van der Waals surface area contributed by atoms with E-state index in [1.807, 2.05) is 29.2 Å². The van der Waals surface area contributed by atoms with Crippen molar-refractivity contribution in [3.8, 4) is 0 Å². The zero-order valence-corrected chi connectivity index (χ0v) is 17.4. The summed E-state index contributed by atoms with van der Waals surface area (Å²) in [4.78, 5) is 17.5. The summed E-state index contributed by atoms with van der Waals surface area (Å²) in [6.07, 6.45) is 4.80. The first kappa shape index (κ1) is 20.2. The molecule has 1 atom stereocenters. The third-order valence-electron chi connectivity index (χ3n) is 5.84. The standard InChI is InChI=1S/C23H28N6O/c1-27(15-13-19-6-3-2-4-7-19)22-8-5-14-28(17-22)23(30)21-11-9-20(10-12-21)16-29-18-24-25-26-29/h2-4,6-7,9-12,18,22H,5,8,13-17H2,1H3/t22-/m0/s1. The summed E-state index contributed by atoms with van der Waals surface area (Å²) in [5.74, 6) is 0.116. The molecule has 1 aliphatic heterocycles. The van der Waals surface area contributed by atoms with Crippen LogP contribution in [-0.4, -0.2) is 68.6 Å². The molecule has 1 amide bonds. The molecule has 156 valence electrons. The molecule has 0 aliphatic carbocycles. The van der Waals surface area contributed by atoms with Crippen molar-refractivity contribution < 1.29 is 4.79 Å². The first-order valence-electron chi connectivity index (χ1n) is 10.5. The number of benzene rings is 2. The molecule has 0 unspecified atom stereocenters. The number of hydrogen-bond acceptors (Lipinski definition) is 5. The number of amides is 1. The summed E-state index contributed by atoms with van der Waals surface area (Å²) in [6.45, 7) is 3.22. The van der Waals surface area contributed by atoms with Crippen LogP contribution in [0.5, 0.6) is 0 Å². The van der Waals surface area contributed by atoms with Gasteiger partial charge in [0, 0.05) is 31.2 Å². The van der Waals surface area contributed by atoms with E-state index in [0.717, 1.165) is 50.0 Å². The average molecular weight is 405 g/mol. The molecule has 1 aromatic heterocycles. The molecule has 0 saturated carbocycles. The second kappa shape index (κ2) is 9.63. The molecule has 3 aromatic rings. The van der Waals surface area contributed by atoms with E-state index in [-0.39, 0.29) is 5.91 Å². The van der Waals surface area contributed by atoms with Gasteiger partial charge in [-0.05, 0) is 60.0 Å². The van der Waals surface area contributed by atoms with Gasteiger partial charge in [0.05, 0.1) is 6.54 Å². The van der Waals surface area contributed by atoms with Crippen LogP contribution in [0.4, 0.5) is 0 Å². The van der Waals surface area contributed by atoms with Gasteiger partial charge in [-0.2, -0.15) is 0 Å².